The highest BCUT2D eigenvalue weighted by molar-refractivity contribution is 6.16. The van der Waals surface area contributed by atoms with Gasteiger partial charge in [-0.25, -0.2) is 0 Å². The van der Waals surface area contributed by atoms with Crippen molar-refractivity contribution in [1.29, 1.82) is 0 Å². The van der Waals surface area contributed by atoms with Gasteiger partial charge in [-0.3, -0.25) is 14.7 Å². The van der Waals surface area contributed by atoms with Gasteiger partial charge in [0.1, 0.15) is 0 Å². The Balaban J connectivity index is 1.52. The lowest BCUT2D eigenvalue weighted by atomic mass is 10.1. The number of hydrogen-bond acceptors (Lipinski definition) is 5. The molecule has 2 aromatic carbocycles. The number of rotatable bonds is 5. The minimum absolute atomic E-state index is 0.216. The van der Waals surface area contributed by atoms with Gasteiger partial charge in [0.25, 0.3) is 5.91 Å². The molecule has 4 rings (SSSR count). The van der Waals surface area contributed by atoms with Crippen LogP contribution in [0.2, 0.25) is 0 Å². The molecule has 2 amide bonds. The summed E-state index contributed by atoms with van der Waals surface area (Å²) in [6.07, 6.45) is 1.18. The van der Waals surface area contributed by atoms with Crippen LogP contribution in [0, 0.1) is 0 Å². The van der Waals surface area contributed by atoms with Gasteiger partial charge in [-0.15, -0.1) is 0 Å². The first-order valence-electron chi connectivity index (χ1n) is 9.80. The molecule has 1 aliphatic heterocycles. The first kappa shape index (κ1) is 19.7. The number of carbonyl (C=O) groups is 2. The lowest BCUT2D eigenvalue weighted by Crippen LogP contribution is -2.44. The average molecular weight is 404 g/mol. The summed E-state index contributed by atoms with van der Waals surface area (Å²) in [4.78, 5) is 29.3. The second kappa shape index (κ2) is 8.38. The number of anilines is 3. The minimum Gasteiger partial charge on any atom is -0.369 e. The molecule has 0 unspecified atom stereocenters. The number of likely N-dealkylation sites (N-methyl/N-ethyl adjacent to an activating group) is 1. The Morgan fingerprint density at radius 1 is 1.07 bits per heavy atom. The van der Waals surface area contributed by atoms with Gasteiger partial charge in [0.2, 0.25) is 5.91 Å². The van der Waals surface area contributed by atoms with E-state index in [1.54, 1.807) is 18.2 Å². The Labute approximate surface area is 174 Å². The van der Waals surface area contributed by atoms with Crippen LogP contribution >= 0.6 is 0 Å². The fourth-order valence-corrected chi connectivity index (χ4v) is 3.54. The number of H-pyrrole nitrogens is 1. The molecule has 0 radical (unpaired) electrons. The molecule has 30 heavy (non-hydrogen) atoms. The maximum atomic E-state index is 12.9. The maximum absolute atomic E-state index is 12.9. The van der Waals surface area contributed by atoms with E-state index in [-0.39, 0.29) is 17.5 Å². The fraction of sp³-hybridized carbons (Fsp3) is 0.227. The van der Waals surface area contributed by atoms with Crippen LogP contribution in [0.1, 0.15) is 10.5 Å². The van der Waals surface area contributed by atoms with Crippen molar-refractivity contribution < 1.29 is 9.59 Å². The maximum Gasteiger partial charge on any atom is 0.276 e. The summed E-state index contributed by atoms with van der Waals surface area (Å²) in [5, 5.41) is 13.2. The number of nitrogens with one attached hydrogen (secondary N) is 3. The highest BCUT2D eigenvalue weighted by atomic mass is 16.2. The second-order valence-corrected chi connectivity index (χ2v) is 7.29. The van der Waals surface area contributed by atoms with Crippen molar-refractivity contribution in [2.24, 2.45) is 0 Å². The third kappa shape index (κ3) is 4.04. The molecule has 8 nitrogen and oxygen atoms in total. The Morgan fingerprint density at radius 3 is 2.50 bits per heavy atom. The monoisotopic (exact) mass is 404 g/mol. The van der Waals surface area contributed by atoms with Crippen LogP contribution in [-0.4, -0.2) is 60.1 Å². The standard InChI is InChI=1S/C22H24N6O2/c1-3-19(29)24-17-5-4-6-18-20(17)21(26-25-18)22(30)23-15-7-9-16(10-8-15)28-13-11-27(2)12-14-28/h3-10H,1,11-14H2,2H3,(H,23,30)(H,24,29)(H,25,26). The van der Waals surface area contributed by atoms with Gasteiger partial charge in [0.05, 0.1) is 16.6 Å². The molecule has 0 bridgehead atoms. The summed E-state index contributed by atoms with van der Waals surface area (Å²) in [5.41, 5.74) is 3.20. The number of aromatic nitrogens is 2. The van der Waals surface area contributed by atoms with Gasteiger partial charge in [0.15, 0.2) is 5.69 Å². The van der Waals surface area contributed by atoms with Crippen LogP contribution < -0.4 is 15.5 Å². The molecular weight excluding hydrogens is 380 g/mol. The van der Waals surface area contributed by atoms with Crippen LogP contribution in [0.5, 0.6) is 0 Å². The molecule has 0 spiro atoms. The van der Waals surface area contributed by atoms with Crippen molar-refractivity contribution in [2.45, 2.75) is 0 Å². The number of amides is 2. The van der Waals surface area contributed by atoms with E-state index >= 15 is 0 Å². The molecule has 1 aromatic heterocycles. The molecule has 1 aliphatic rings. The van der Waals surface area contributed by atoms with E-state index in [4.69, 9.17) is 0 Å². The molecule has 3 N–H and O–H groups in total. The lowest BCUT2D eigenvalue weighted by Gasteiger charge is -2.34. The van der Waals surface area contributed by atoms with Crippen molar-refractivity contribution in [1.82, 2.24) is 15.1 Å². The molecule has 1 fully saturated rings. The third-order valence-electron chi connectivity index (χ3n) is 5.24. The van der Waals surface area contributed by atoms with E-state index in [9.17, 15) is 9.59 Å². The van der Waals surface area contributed by atoms with E-state index in [2.05, 4.69) is 44.3 Å². The molecule has 154 valence electrons. The van der Waals surface area contributed by atoms with Crippen molar-refractivity contribution >= 4 is 39.8 Å². The van der Waals surface area contributed by atoms with Gasteiger partial charge in [-0.2, -0.15) is 5.10 Å². The van der Waals surface area contributed by atoms with Crippen molar-refractivity contribution in [3.8, 4) is 0 Å². The quantitative estimate of drug-likeness (QED) is 0.569. The van der Waals surface area contributed by atoms with Gasteiger partial charge in [-0.1, -0.05) is 12.6 Å². The zero-order chi connectivity index (χ0) is 21.1. The van der Waals surface area contributed by atoms with E-state index in [0.29, 0.717) is 22.3 Å². The molecule has 3 aromatic rings. The Bertz CT molecular complexity index is 1080. The summed E-state index contributed by atoms with van der Waals surface area (Å²) < 4.78 is 0. The van der Waals surface area contributed by atoms with Crippen molar-refractivity contribution in [2.75, 3.05) is 48.8 Å². The number of piperazine rings is 1. The normalized spacial score (nSPS) is 14.5. The Hall–Kier alpha value is -3.65. The number of aromatic amines is 1. The van der Waals surface area contributed by atoms with E-state index in [1.807, 2.05) is 24.3 Å². The lowest BCUT2D eigenvalue weighted by molar-refractivity contribution is -0.111. The first-order valence-corrected chi connectivity index (χ1v) is 9.80. The van der Waals surface area contributed by atoms with Crippen LogP contribution in [-0.2, 0) is 4.79 Å². The summed E-state index contributed by atoms with van der Waals surface area (Å²) >= 11 is 0. The van der Waals surface area contributed by atoms with Crippen molar-refractivity contribution in [3.63, 3.8) is 0 Å². The molecule has 2 heterocycles. The molecule has 8 heteroatoms. The van der Waals surface area contributed by atoms with E-state index in [0.717, 1.165) is 31.9 Å². The average Bonchev–Trinajstić information content (AvgIpc) is 3.20. The van der Waals surface area contributed by atoms with Crippen LogP contribution in [0.25, 0.3) is 10.9 Å². The predicted octanol–water partition coefficient (Wildman–Crippen LogP) is 2.69. The van der Waals surface area contributed by atoms with Crippen LogP contribution in [0.15, 0.2) is 55.1 Å². The zero-order valence-electron chi connectivity index (χ0n) is 16.8. The number of benzene rings is 2. The van der Waals surface area contributed by atoms with Gasteiger partial charge in [0, 0.05) is 37.6 Å². The molecular formula is C22H24N6O2. The SMILES string of the molecule is C=CC(=O)Nc1cccc2[nH]nc(C(=O)Nc3ccc(N4CCN(C)CC4)cc3)c12. The Morgan fingerprint density at radius 2 is 1.80 bits per heavy atom. The highest BCUT2D eigenvalue weighted by Gasteiger charge is 2.19. The summed E-state index contributed by atoms with van der Waals surface area (Å²) in [6, 6.07) is 13.1. The van der Waals surface area contributed by atoms with E-state index in [1.165, 1.54) is 6.08 Å². The second-order valence-electron chi connectivity index (χ2n) is 7.29. The van der Waals surface area contributed by atoms with Crippen LogP contribution in [0.4, 0.5) is 17.1 Å². The van der Waals surface area contributed by atoms with Crippen LogP contribution in [0.3, 0.4) is 0 Å². The van der Waals surface area contributed by atoms with Crippen molar-refractivity contribution in [3.05, 3.63) is 60.8 Å². The fourth-order valence-electron chi connectivity index (χ4n) is 3.54. The predicted molar refractivity (Wildman–Crippen MR) is 119 cm³/mol. The zero-order valence-corrected chi connectivity index (χ0v) is 16.8. The molecule has 0 saturated carbocycles. The minimum atomic E-state index is -0.353. The summed E-state index contributed by atoms with van der Waals surface area (Å²) in [5.74, 6) is -0.705. The van der Waals surface area contributed by atoms with E-state index < -0.39 is 0 Å². The van der Waals surface area contributed by atoms with Gasteiger partial charge >= 0.3 is 0 Å². The first-order chi connectivity index (χ1) is 14.5. The highest BCUT2D eigenvalue weighted by Crippen LogP contribution is 2.26. The molecule has 1 saturated heterocycles. The summed E-state index contributed by atoms with van der Waals surface area (Å²) in [6.45, 7) is 7.51. The van der Waals surface area contributed by atoms with Gasteiger partial charge < -0.3 is 20.4 Å². The number of carbonyl (C=O) groups excluding carboxylic acids is 2. The Kier molecular flexibility index (Phi) is 5.49. The summed E-state index contributed by atoms with van der Waals surface area (Å²) in [7, 11) is 2.13. The number of nitrogens with zero attached hydrogens (tertiary/aromatic N) is 3. The molecule has 0 aliphatic carbocycles. The largest absolute Gasteiger partial charge is 0.369 e. The van der Waals surface area contributed by atoms with Gasteiger partial charge in [-0.05, 0) is 49.5 Å². The smallest absolute Gasteiger partial charge is 0.276 e. The topological polar surface area (TPSA) is 93.4 Å². The number of hydrogen-bond donors (Lipinski definition) is 3. The molecule has 0 atom stereocenters. The third-order valence-corrected chi connectivity index (χ3v) is 5.24. The number of fused-ring (bicyclic) bond motifs is 1.